The quantitative estimate of drug-likeness (QED) is 0.907. The lowest BCUT2D eigenvalue weighted by atomic mass is 9.87. The summed E-state index contributed by atoms with van der Waals surface area (Å²) in [5, 5.41) is 8.08. The minimum atomic E-state index is -0.193. The number of fused-ring (bicyclic) bond motifs is 1. The first kappa shape index (κ1) is 16.7. The lowest BCUT2D eigenvalue weighted by Gasteiger charge is -2.31. The van der Waals surface area contributed by atoms with Gasteiger partial charge in [-0.05, 0) is 26.7 Å². The molecule has 1 aliphatic rings. The van der Waals surface area contributed by atoms with Crippen LogP contribution in [-0.2, 0) is 4.79 Å². The molecule has 0 radical (unpaired) electrons. The molecule has 2 aromatic heterocycles. The maximum absolute atomic E-state index is 12.7. The Bertz CT molecular complexity index is 736. The molecule has 2 aromatic rings. The molecule has 0 aromatic carbocycles. The van der Waals surface area contributed by atoms with Crippen molar-refractivity contribution in [2.75, 3.05) is 18.9 Å². The maximum atomic E-state index is 12.7. The largest absolute Gasteiger partial charge is 0.365 e. The van der Waals surface area contributed by atoms with Gasteiger partial charge >= 0.3 is 0 Å². The molecule has 130 valence electrons. The van der Waals surface area contributed by atoms with E-state index in [-0.39, 0.29) is 17.4 Å². The van der Waals surface area contributed by atoms with E-state index in [1.165, 1.54) is 6.33 Å². The number of nitrogens with zero attached hydrogens (tertiary/aromatic N) is 4. The normalized spacial score (nSPS) is 17.8. The topological polar surface area (TPSA) is 84.2 Å². The highest BCUT2D eigenvalue weighted by molar-refractivity contribution is 5.87. The molecule has 1 atom stereocenters. The van der Waals surface area contributed by atoms with Crippen LogP contribution in [0.3, 0.4) is 0 Å². The average Bonchev–Trinajstić information content (AvgIpc) is 3.14. The fourth-order valence-electron chi connectivity index (χ4n) is 3.63. The molecule has 0 aliphatic heterocycles. The zero-order valence-corrected chi connectivity index (χ0v) is 14.8. The van der Waals surface area contributed by atoms with Crippen LogP contribution in [0.2, 0.25) is 0 Å². The fourth-order valence-corrected chi connectivity index (χ4v) is 3.63. The highest BCUT2D eigenvalue weighted by atomic mass is 16.5. The van der Waals surface area contributed by atoms with E-state index in [1.54, 1.807) is 0 Å². The molecule has 0 saturated heterocycles. The lowest BCUT2D eigenvalue weighted by Crippen LogP contribution is -2.43. The Kier molecular flexibility index (Phi) is 4.43. The molecule has 0 spiro atoms. The van der Waals surface area contributed by atoms with Gasteiger partial charge in [0, 0.05) is 25.0 Å². The minimum Gasteiger partial charge on any atom is -0.365 e. The van der Waals surface area contributed by atoms with Crippen molar-refractivity contribution in [1.29, 1.82) is 0 Å². The van der Waals surface area contributed by atoms with Gasteiger partial charge < -0.3 is 14.7 Å². The maximum Gasteiger partial charge on any atom is 0.263 e. The van der Waals surface area contributed by atoms with Gasteiger partial charge in [-0.2, -0.15) is 4.98 Å². The molecular weight excluding hydrogens is 306 g/mol. The number of hydrogen-bond acceptors (Lipinski definition) is 6. The molecule has 1 saturated carbocycles. The van der Waals surface area contributed by atoms with E-state index >= 15 is 0 Å². The monoisotopic (exact) mass is 331 g/mol. The Balaban J connectivity index is 1.67. The highest BCUT2D eigenvalue weighted by Gasteiger charge is 2.38. The molecular formula is C17H25N5O2. The van der Waals surface area contributed by atoms with Crippen LogP contribution < -0.4 is 5.32 Å². The Morgan fingerprint density at radius 2 is 2.12 bits per heavy atom. The molecule has 1 N–H and O–H groups in total. The third-order valence-electron chi connectivity index (χ3n) is 4.94. The first-order valence-corrected chi connectivity index (χ1v) is 8.50. The molecule has 1 unspecified atom stereocenters. The third-order valence-corrected chi connectivity index (χ3v) is 4.94. The van der Waals surface area contributed by atoms with E-state index in [0.717, 1.165) is 36.8 Å². The smallest absolute Gasteiger partial charge is 0.263 e. The summed E-state index contributed by atoms with van der Waals surface area (Å²) in [5.74, 6) is 0.932. The number of nitrogens with one attached hydrogen (secondary N) is 1. The fraction of sp³-hybridized carbons (Fsp3) is 0.647. The molecule has 1 amide bonds. The summed E-state index contributed by atoms with van der Waals surface area (Å²) in [6.45, 7) is 6.61. The van der Waals surface area contributed by atoms with Crippen molar-refractivity contribution < 1.29 is 9.32 Å². The number of likely N-dealkylation sites (N-methyl/N-ethyl adjacent to an activating group) is 1. The number of carbonyl (C=O) groups is 1. The van der Waals surface area contributed by atoms with E-state index in [1.807, 2.05) is 25.8 Å². The summed E-state index contributed by atoms with van der Waals surface area (Å²) < 4.78 is 5.17. The molecule has 0 bridgehead atoms. The Hall–Kier alpha value is -2.18. The van der Waals surface area contributed by atoms with E-state index in [2.05, 4.69) is 27.4 Å². The SMILES string of the molecule is Cc1noc2ncnc(NC(C)CN(C)C(=O)C3(C)CCCC3)c12. The Labute approximate surface area is 141 Å². The van der Waals surface area contributed by atoms with Gasteiger partial charge in [0.05, 0.1) is 5.69 Å². The van der Waals surface area contributed by atoms with E-state index < -0.39 is 0 Å². The van der Waals surface area contributed by atoms with Gasteiger partial charge in [-0.1, -0.05) is 24.9 Å². The number of carbonyl (C=O) groups excluding carboxylic acids is 1. The number of aryl methyl sites for hydroxylation is 1. The molecule has 1 aliphatic carbocycles. The number of hydrogen-bond donors (Lipinski definition) is 1. The van der Waals surface area contributed by atoms with Crippen LogP contribution in [0.25, 0.3) is 11.1 Å². The summed E-state index contributed by atoms with van der Waals surface area (Å²) in [4.78, 5) is 22.9. The summed E-state index contributed by atoms with van der Waals surface area (Å²) in [6, 6.07) is 0.0522. The standard InChI is InChI=1S/C17H25N5O2/c1-11(9-22(4)16(23)17(3)7-5-6-8-17)20-14-13-12(2)21-24-15(13)19-10-18-14/h10-11H,5-9H2,1-4H3,(H,18,19,20). The molecule has 24 heavy (non-hydrogen) atoms. The minimum absolute atomic E-state index is 0.0522. The second kappa shape index (κ2) is 6.37. The van der Waals surface area contributed by atoms with Crippen molar-refractivity contribution in [2.24, 2.45) is 5.41 Å². The van der Waals surface area contributed by atoms with Crippen LogP contribution in [0.15, 0.2) is 10.9 Å². The van der Waals surface area contributed by atoms with Gasteiger partial charge in [0.1, 0.15) is 17.5 Å². The summed E-state index contributed by atoms with van der Waals surface area (Å²) >= 11 is 0. The third kappa shape index (κ3) is 3.07. The van der Waals surface area contributed by atoms with Crippen molar-refractivity contribution in [3.8, 4) is 0 Å². The van der Waals surface area contributed by atoms with Crippen molar-refractivity contribution in [3.05, 3.63) is 12.0 Å². The Morgan fingerprint density at radius 3 is 2.83 bits per heavy atom. The molecule has 7 heteroatoms. The first-order valence-electron chi connectivity index (χ1n) is 8.50. The predicted molar refractivity (Wildman–Crippen MR) is 91.6 cm³/mol. The average molecular weight is 331 g/mol. The predicted octanol–water partition coefficient (Wildman–Crippen LogP) is 2.77. The van der Waals surface area contributed by atoms with Crippen molar-refractivity contribution >= 4 is 22.8 Å². The molecule has 1 fully saturated rings. The molecule has 3 rings (SSSR count). The van der Waals surface area contributed by atoms with Crippen LogP contribution in [0, 0.1) is 12.3 Å². The first-order chi connectivity index (χ1) is 11.4. The zero-order valence-electron chi connectivity index (χ0n) is 14.8. The second-order valence-electron chi connectivity index (χ2n) is 7.17. The number of amides is 1. The zero-order chi connectivity index (χ0) is 17.3. The van der Waals surface area contributed by atoms with Crippen LogP contribution in [0.1, 0.15) is 45.2 Å². The van der Waals surface area contributed by atoms with Crippen molar-refractivity contribution in [2.45, 2.75) is 52.5 Å². The van der Waals surface area contributed by atoms with Gasteiger partial charge in [0.25, 0.3) is 5.71 Å². The van der Waals surface area contributed by atoms with Crippen molar-refractivity contribution in [3.63, 3.8) is 0 Å². The number of rotatable bonds is 5. The van der Waals surface area contributed by atoms with Gasteiger partial charge in [-0.25, -0.2) is 4.98 Å². The second-order valence-corrected chi connectivity index (χ2v) is 7.17. The number of anilines is 1. The van der Waals surface area contributed by atoms with Crippen LogP contribution >= 0.6 is 0 Å². The lowest BCUT2D eigenvalue weighted by molar-refractivity contribution is -0.139. The van der Waals surface area contributed by atoms with E-state index in [9.17, 15) is 4.79 Å². The van der Waals surface area contributed by atoms with Crippen molar-refractivity contribution in [1.82, 2.24) is 20.0 Å². The van der Waals surface area contributed by atoms with Crippen LogP contribution in [0.5, 0.6) is 0 Å². The molecule has 2 heterocycles. The van der Waals surface area contributed by atoms with Gasteiger partial charge in [-0.3, -0.25) is 4.79 Å². The molecule has 7 nitrogen and oxygen atoms in total. The highest BCUT2D eigenvalue weighted by Crippen LogP contribution is 2.38. The van der Waals surface area contributed by atoms with Crippen LogP contribution in [0.4, 0.5) is 5.82 Å². The summed E-state index contributed by atoms with van der Waals surface area (Å²) in [6.07, 6.45) is 5.73. The van der Waals surface area contributed by atoms with E-state index in [4.69, 9.17) is 4.52 Å². The summed E-state index contributed by atoms with van der Waals surface area (Å²) in [7, 11) is 1.88. The summed E-state index contributed by atoms with van der Waals surface area (Å²) in [5.41, 5.74) is 1.03. The Morgan fingerprint density at radius 1 is 1.42 bits per heavy atom. The number of aromatic nitrogens is 3. The van der Waals surface area contributed by atoms with Crippen LogP contribution in [-0.4, -0.2) is 45.6 Å². The van der Waals surface area contributed by atoms with Gasteiger partial charge in [0.15, 0.2) is 0 Å². The van der Waals surface area contributed by atoms with Gasteiger partial charge in [-0.15, -0.1) is 0 Å². The van der Waals surface area contributed by atoms with Gasteiger partial charge in [0.2, 0.25) is 5.91 Å². The van der Waals surface area contributed by atoms with E-state index in [0.29, 0.717) is 18.1 Å².